The van der Waals surface area contributed by atoms with Crippen molar-refractivity contribution in [3.05, 3.63) is 92.3 Å². The fraction of sp³-hybridized carbons (Fsp3) is 0.185. The monoisotopic (exact) mass is 477 g/mol. The topological polar surface area (TPSA) is 77.8 Å². The van der Waals surface area contributed by atoms with Gasteiger partial charge in [0.1, 0.15) is 23.3 Å². The molecule has 0 bridgehead atoms. The average molecular weight is 478 g/mol. The molecule has 1 N–H and O–H groups in total. The molecule has 0 atom stereocenters. The van der Waals surface area contributed by atoms with Gasteiger partial charge in [0.05, 0.1) is 5.39 Å². The fourth-order valence-corrected chi connectivity index (χ4v) is 3.67. The van der Waals surface area contributed by atoms with Crippen molar-refractivity contribution < 1.29 is 18.7 Å². The molecule has 4 aromatic rings. The number of ether oxygens (including phenoxy) is 2. The predicted octanol–water partition coefficient (Wildman–Crippen LogP) is 6.49. The van der Waals surface area contributed by atoms with E-state index in [1.807, 2.05) is 45.9 Å². The zero-order chi connectivity index (χ0) is 24.4. The molecule has 0 spiro atoms. The van der Waals surface area contributed by atoms with E-state index >= 15 is 0 Å². The highest BCUT2D eigenvalue weighted by Gasteiger charge is 2.13. The van der Waals surface area contributed by atoms with Crippen molar-refractivity contribution in [1.82, 2.24) is 0 Å². The average Bonchev–Trinajstić information content (AvgIpc) is 2.81. The van der Waals surface area contributed by atoms with Crippen LogP contribution in [0, 0.1) is 27.7 Å². The highest BCUT2D eigenvalue weighted by molar-refractivity contribution is 6.32. The Morgan fingerprint density at radius 2 is 1.71 bits per heavy atom. The molecule has 1 amide bonds. The lowest BCUT2D eigenvalue weighted by atomic mass is 10.1. The lowest BCUT2D eigenvalue weighted by molar-refractivity contribution is -0.118. The molecule has 0 aliphatic heterocycles. The number of benzene rings is 3. The molecule has 6 nitrogen and oxygen atoms in total. The molecular weight excluding hydrogens is 454 g/mol. The number of nitrogens with one attached hydrogen (secondary N) is 1. The molecule has 0 fully saturated rings. The van der Waals surface area contributed by atoms with Crippen LogP contribution in [-0.4, -0.2) is 12.5 Å². The van der Waals surface area contributed by atoms with Gasteiger partial charge in [0, 0.05) is 16.8 Å². The molecule has 1 heterocycles. The van der Waals surface area contributed by atoms with E-state index in [0.29, 0.717) is 27.5 Å². The summed E-state index contributed by atoms with van der Waals surface area (Å²) >= 11 is 6.20. The van der Waals surface area contributed by atoms with Gasteiger partial charge in [-0.1, -0.05) is 23.7 Å². The van der Waals surface area contributed by atoms with Crippen LogP contribution < -0.4 is 20.2 Å². The Hall–Kier alpha value is -3.77. The number of hydrogen-bond acceptors (Lipinski definition) is 5. The van der Waals surface area contributed by atoms with Crippen molar-refractivity contribution in [2.24, 2.45) is 0 Å². The van der Waals surface area contributed by atoms with Crippen LogP contribution in [0.3, 0.4) is 0 Å². The minimum Gasteiger partial charge on any atom is -0.484 e. The number of fused-ring (bicyclic) bond motifs is 1. The van der Waals surface area contributed by atoms with E-state index < -0.39 is 0 Å². The number of rotatable bonds is 6. The van der Waals surface area contributed by atoms with E-state index in [4.69, 9.17) is 25.5 Å². The summed E-state index contributed by atoms with van der Waals surface area (Å²) in [5, 5.41) is 3.85. The van der Waals surface area contributed by atoms with Gasteiger partial charge in [-0.05, 0) is 80.3 Å². The van der Waals surface area contributed by atoms with Crippen LogP contribution in [0.1, 0.15) is 22.3 Å². The quantitative estimate of drug-likeness (QED) is 0.343. The molecule has 0 saturated heterocycles. The Bertz CT molecular complexity index is 1430. The first-order valence-corrected chi connectivity index (χ1v) is 11.1. The number of carbonyl (C=O) groups is 1. The normalized spacial score (nSPS) is 10.9. The van der Waals surface area contributed by atoms with Gasteiger partial charge >= 0.3 is 0 Å². The molecule has 0 radical (unpaired) electrons. The second-order valence-corrected chi connectivity index (χ2v) is 8.52. The molecular formula is C27H24ClNO5. The van der Waals surface area contributed by atoms with E-state index in [1.54, 1.807) is 30.3 Å². The summed E-state index contributed by atoms with van der Waals surface area (Å²) in [6, 6.07) is 14.0. The van der Waals surface area contributed by atoms with Crippen molar-refractivity contribution in [3.8, 4) is 17.2 Å². The third kappa shape index (κ3) is 4.92. The maximum atomic E-state index is 12.9. The van der Waals surface area contributed by atoms with Crippen LogP contribution in [0.25, 0.3) is 11.0 Å². The van der Waals surface area contributed by atoms with Crippen molar-refractivity contribution in [2.75, 3.05) is 11.9 Å². The van der Waals surface area contributed by atoms with Crippen LogP contribution >= 0.6 is 11.6 Å². The molecule has 0 unspecified atom stereocenters. The van der Waals surface area contributed by atoms with Gasteiger partial charge in [-0.25, -0.2) is 0 Å². The SMILES string of the molecule is Cc1cccc(NC(=O)COc2ccc3c(=O)c(Oc4cc(C)c(Cl)c(C)c4)coc3c2)c1C. The van der Waals surface area contributed by atoms with E-state index in [2.05, 4.69) is 5.32 Å². The summed E-state index contributed by atoms with van der Waals surface area (Å²) in [5.41, 5.74) is 4.56. The summed E-state index contributed by atoms with van der Waals surface area (Å²) in [6.45, 7) is 7.49. The highest BCUT2D eigenvalue weighted by atomic mass is 35.5. The first-order valence-electron chi connectivity index (χ1n) is 10.7. The van der Waals surface area contributed by atoms with Crippen molar-refractivity contribution in [1.29, 1.82) is 0 Å². The van der Waals surface area contributed by atoms with Crippen LogP contribution in [0.15, 0.2) is 64.0 Å². The van der Waals surface area contributed by atoms with E-state index in [1.165, 1.54) is 6.26 Å². The molecule has 0 aliphatic carbocycles. The maximum Gasteiger partial charge on any atom is 0.262 e. The number of carbonyl (C=O) groups excluding carboxylic acids is 1. The molecule has 174 valence electrons. The Morgan fingerprint density at radius 3 is 2.44 bits per heavy atom. The summed E-state index contributed by atoms with van der Waals surface area (Å²) in [6.07, 6.45) is 1.26. The van der Waals surface area contributed by atoms with Gasteiger partial charge in [-0.2, -0.15) is 0 Å². The molecule has 7 heteroatoms. The van der Waals surface area contributed by atoms with Gasteiger partial charge in [-0.15, -0.1) is 0 Å². The third-order valence-electron chi connectivity index (χ3n) is 5.60. The van der Waals surface area contributed by atoms with Crippen LogP contribution in [0.5, 0.6) is 17.2 Å². The van der Waals surface area contributed by atoms with Gasteiger partial charge in [0.25, 0.3) is 5.91 Å². The first kappa shape index (κ1) is 23.4. The number of hydrogen-bond donors (Lipinski definition) is 1. The van der Waals surface area contributed by atoms with Crippen molar-refractivity contribution >= 4 is 34.2 Å². The second kappa shape index (κ2) is 9.61. The van der Waals surface area contributed by atoms with Gasteiger partial charge in [-0.3, -0.25) is 9.59 Å². The van der Waals surface area contributed by atoms with Gasteiger partial charge in [0.15, 0.2) is 6.61 Å². The lowest BCUT2D eigenvalue weighted by Crippen LogP contribution is -2.20. The zero-order valence-corrected chi connectivity index (χ0v) is 20.1. The summed E-state index contributed by atoms with van der Waals surface area (Å²) in [7, 11) is 0. The van der Waals surface area contributed by atoms with Gasteiger partial charge in [0.2, 0.25) is 11.2 Å². The maximum absolute atomic E-state index is 12.9. The Morgan fingerprint density at radius 1 is 0.971 bits per heavy atom. The van der Waals surface area contributed by atoms with E-state index in [9.17, 15) is 9.59 Å². The fourth-order valence-electron chi connectivity index (χ4n) is 3.56. The second-order valence-electron chi connectivity index (χ2n) is 8.14. The number of anilines is 1. The van der Waals surface area contributed by atoms with Crippen molar-refractivity contribution in [3.63, 3.8) is 0 Å². The van der Waals surface area contributed by atoms with Gasteiger partial charge < -0.3 is 19.2 Å². The molecule has 4 rings (SSSR count). The minimum absolute atomic E-state index is 0.0650. The predicted molar refractivity (Wildman–Crippen MR) is 134 cm³/mol. The largest absolute Gasteiger partial charge is 0.484 e. The number of aryl methyl sites for hydroxylation is 3. The lowest BCUT2D eigenvalue weighted by Gasteiger charge is -2.11. The van der Waals surface area contributed by atoms with Crippen LogP contribution in [-0.2, 0) is 4.79 Å². The minimum atomic E-state index is -0.314. The van der Waals surface area contributed by atoms with E-state index in [0.717, 1.165) is 27.9 Å². The molecule has 1 aromatic heterocycles. The first-order chi connectivity index (χ1) is 16.2. The Balaban J connectivity index is 1.47. The van der Waals surface area contributed by atoms with Crippen molar-refractivity contribution in [2.45, 2.75) is 27.7 Å². The standard InChI is InChI=1S/C27H24ClNO5/c1-15-6-5-7-22(18(15)4)29-25(30)14-32-19-8-9-21-23(12-19)33-13-24(27(21)31)34-20-10-16(2)26(28)17(3)11-20/h5-13H,14H2,1-4H3,(H,29,30). The zero-order valence-electron chi connectivity index (χ0n) is 19.3. The third-order valence-corrected chi connectivity index (χ3v) is 6.20. The molecule has 3 aromatic carbocycles. The molecule has 0 aliphatic rings. The van der Waals surface area contributed by atoms with Crippen LogP contribution in [0.2, 0.25) is 5.02 Å². The smallest absolute Gasteiger partial charge is 0.262 e. The number of amides is 1. The molecule has 0 saturated carbocycles. The molecule has 34 heavy (non-hydrogen) atoms. The Kier molecular flexibility index (Phi) is 6.61. The summed E-state index contributed by atoms with van der Waals surface area (Å²) < 4.78 is 17.0. The highest BCUT2D eigenvalue weighted by Crippen LogP contribution is 2.29. The summed E-state index contributed by atoms with van der Waals surface area (Å²) in [5.74, 6) is 0.688. The van der Waals surface area contributed by atoms with E-state index in [-0.39, 0.29) is 23.7 Å². The number of halogens is 1. The van der Waals surface area contributed by atoms with Crippen LogP contribution in [0.4, 0.5) is 5.69 Å². The summed E-state index contributed by atoms with van der Waals surface area (Å²) in [4.78, 5) is 25.2. The Labute approximate surface area is 202 Å².